The van der Waals surface area contributed by atoms with Gasteiger partial charge in [0.05, 0.1) is 0 Å². The van der Waals surface area contributed by atoms with Gasteiger partial charge < -0.3 is 19.8 Å². The van der Waals surface area contributed by atoms with Gasteiger partial charge in [0.25, 0.3) is 0 Å². The molecule has 0 unspecified atom stereocenters. The Morgan fingerprint density at radius 1 is 1.29 bits per heavy atom. The number of benzene rings is 1. The fourth-order valence-corrected chi connectivity index (χ4v) is 1.92. The van der Waals surface area contributed by atoms with Gasteiger partial charge in [-0.3, -0.25) is 0 Å². The predicted molar refractivity (Wildman–Crippen MR) is 62.8 cm³/mol. The molecule has 0 amide bonds. The van der Waals surface area contributed by atoms with Crippen molar-refractivity contribution in [2.24, 2.45) is 5.73 Å². The lowest BCUT2D eigenvalue weighted by Crippen LogP contribution is -2.10. The van der Waals surface area contributed by atoms with E-state index in [0.717, 1.165) is 29.4 Å². The Bertz CT molecular complexity index is 536. The minimum absolute atomic E-state index is 0.288. The molecule has 1 aliphatic heterocycles. The average molecular weight is 231 g/mol. The van der Waals surface area contributed by atoms with Crippen LogP contribution >= 0.6 is 0 Å². The zero-order valence-electron chi connectivity index (χ0n) is 9.30. The summed E-state index contributed by atoms with van der Waals surface area (Å²) in [5.74, 6) is 2.45. The first-order valence-electron chi connectivity index (χ1n) is 5.50. The summed E-state index contributed by atoms with van der Waals surface area (Å²) in [5.41, 5.74) is 6.57. The van der Waals surface area contributed by atoms with Gasteiger partial charge in [0, 0.05) is 31.0 Å². The Labute approximate surface area is 98.8 Å². The standard InChI is InChI=1S/C12H13N3O2/c13-3-5-15-6-4-14-12(15)9-1-2-10-11(7-9)17-8-16-10/h1-2,4,6-7H,3,5,8,13H2. The molecule has 5 heteroatoms. The van der Waals surface area contributed by atoms with Gasteiger partial charge in [-0.15, -0.1) is 0 Å². The van der Waals surface area contributed by atoms with Gasteiger partial charge in [0.15, 0.2) is 11.5 Å². The van der Waals surface area contributed by atoms with Crippen LogP contribution in [0.1, 0.15) is 0 Å². The van der Waals surface area contributed by atoms with E-state index in [2.05, 4.69) is 4.98 Å². The van der Waals surface area contributed by atoms with E-state index in [1.807, 2.05) is 29.0 Å². The molecule has 0 spiro atoms. The second-order valence-corrected chi connectivity index (χ2v) is 3.80. The van der Waals surface area contributed by atoms with Gasteiger partial charge in [-0.25, -0.2) is 4.98 Å². The van der Waals surface area contributed by atoms with Gasteiger partial charge in [0.1, 0.15) is 5.82 Å². The van der Waals surface area contributed by atoms with Crippen LogP contribution in [0.4, 0.5) is 0 Å². The van der Waals surface area contributed by atoms with Crippen LogP contribution in [0.2, 0.25) is 0 Å². The van der Waals surface area contributed by atoms with E-state index < -0.39 is 0 Å². The number of imidazole rings is 1. The maximum Gasteiger partial charge on any atom is 0.231 e. The van der Waals surface area contributed by atoms with Gasteiger partial charge in [-0.05, 0) is 18.2 Å². The highest BCUT2D eigenvalue weighted by atomic mass is 16.7. The molecule has 2 aromatic rings. The van der Waals surface area contributed by atoms with E-state index >= 15 is 0 Å². The summed E-state index contributed by atoms with van der Waals surface area (Å²) >= 11 is 0. The van der Waals surface area contributed by atoms with Crippen LogP contribution in [0, 0.1) is 0 Å². The zero-order chi connectivity index (χ0) is 11.7. The summed E-state index contributed by atoms with van der Waals surface area (Å²) in [6.07, 6.45) is 3.70. The van der Waals surface area contributed by atoms with Gasteiger partial charge in [0.2, 0.25) is 6.79 Å². The molecule has 0 saturated carbocycles. The molecule has 0 fully saturated rings. The lowest BCUT2D eigenvalue weighted by Gasteiger charge is -2.06. The molecule has 17 heavy (non-hydrogen) atoms. The average Bonchev–Trinajstić information content (AvgIpc) is 2.96. The quantitative estimate of drug-likeness (QED) is 0.863. The van der Waals surface area contributed by atoms with Gasteiger partial charge in [-0.2, -0.15) is 0 Å². The number of ether oxygens (including phenoxy) is 2. The Morgan fingerprint density at radius 2 is 2.18 bits per heavy atom. The Kier molecular flexibility index (Phi) is 2.45. The topological polar surface area (TPSA) is 62.3 Å². The number of fused-ring (bicyclic) bond motifs is 1. The first-order valence-corrected chi connectivity index (χ1v) is 5.50. The van der Waals surface area contributed by atoms with Crippen LogP contribution in [0.3, 0.4) is 0 Å². The molecule has 1 aliphatic rings. The smallest absolute Gasteiger partial charge is 0.231 e. The van der Waals surface area contributed by atoms with Crippen LogP contribution in [-0.2, 0) is 6.54 Å². The summed E-state index contributed by atoms with van der Waals surface area (Å²) in [6, 6.07) is 5.82. The largest absolute Gasteiger partial charge is 0.454 e. The molecule has 3 rings (SSSR count). The van der Waals surface area contributed by atoms with Gasteiger partial charge >= 0.3 is 0 Å². The molecule has 0 saturated heterocycles. The number of hydrogen-bond acceptors (Lipinski definition) is 4. The molecule has 2 heterocycles. The third-order valence-corrected chi connectivity index (χ3v) is 2.72. The number of nitrogens with zero attached hydrogens (tertiary/aromatic N) is 2. The third-order valence-electron chi connectivity index (χ3n) is 2.72. The Hall–Kier alpha value is -2.01. The number of hydrogen-bond donors (Lipinski definition) is 1. The lowest BCUT2D eigenvalue weighted by molar-refractivity contribution is 0.174. The molecule has 5 nitrogen and oxygen atoms in total. The monoisotopic (exact) mass is 231 g/mol. The van der Waals surface area contributed by atoms with E-state index in [1.165, 1.54) is 0 Å². The highest BCUT2D eigenvalue weighted by Gasteiger charge is 2.15. The van der Waals surface area contributed by atoms with Crippen molar-refractivity contribution in [3.8, 4) is 22.9 Å². The number of aromatic nitrogens is 2. The van der Waals surface area contributed by atoms with Crippen molar-refractivity contribution >= 4 is 0 Å². The molecule has 0 bridgehead atoms. The molecule has 1 aromatic heterocycles. The van der Waals surface area contributed by atoms with Gasteiger partial charge in [-0.1, -0.05) is 0 Å². The normalized spacial score (nSPS) is 13.0. The van der Waals surface area contributed by atoms with Crippen LogP contribution < -0.4 is 15.2 Å². The predicted octanol–water partition coefficient (Wildman–Crippen LogP) is 1.24. The third kappa shape index (κ3) is 1.74. The van der Waals surface area contributed by atoms with Crippen molar-refractivity contribution in [1.82, 2.24) is 9.55 Å². The second-order valence-electron chi connectivity index (χ2n) is 3.80. The lowest BCUT2D eigenvalue weighted by atomic mass is 10.2. The van der Waals surface area contributed by atoms with Crippen molar-refractivity contribution in [1.29, 1.82) is 0 Å². The van der Waals surface area contributed by atoms with Crippen molar-refractivity contribution in [2.45, 2.75) is 6.54 Å². The molecular formula is C12H13N3O2. The Balaban J connectivity index is 2.00. The summed E-state index contributed by atoms with van der Waals surface area (Å²) in [6.45, 7) is 1.63. The van der Waals surface area contributed by atoms with Crippen LogP contribution in [-0.4, -0.2) is 22.9 Å². The van der Waals surface area contributed by atoms with E-state index in [1.54, 1.807) is 6.20 Å². The molecule has 1 aromatic carbocycles. The highest BCUT2D eigenvalue weighted by Crippen LogP contribution is 2.35. The minimum Gasteiger partial charge on any atom is -0.454 e. The van der Waals surface area contributed by atoms with Crippen molar-refractivity contribution in [2.75, 3.05) is 13.3 Å². The number of rotatable bonds is 3. The molecule has 0 aliphatic carbocycles. The van der Waals surface area contributed by atoms with Crippen molar-refractivity contribution in [3.05, 3.63) is 30.6 Å². The Morgan fingerprint density at radius 3 is 3.06 bits per heavy atom. The molecule has 0 radical (unpaired) electrons. The summed E-state index contributed by atoms with van der Waals surface area (Å²) < 4.78 is 12.7. The first-order chi connectivity index (χ1) is 8.38. The number of nitrogens with two attached hydrogens (primary N) is 1. The maximum atomic E-state index is 5.56. The molecular weight excluding hydrogens is 218 g/mol. The summed E-state index contributed by atoms with van der Waals surface area (Å²) in [5, 5.41) is 0. The molecule has 88 valence electrons. The first kappa shape index (κ1) is 10.2. The van der Waals surface area contributed by atoms with Crippen molar-refractivity contribution in [3.63, 3.8) is 0 Å². The summed E-state index contributed by atoms with van der Waals surface area (Å²) in [4.78, 5) is 4.34. The highest BCUT2D eigenvalue weighted by molar-refractivity contribution is 5.62. The fourth-order valence-electron chi connectivity index (χ4n) is 1.92. The molecule has 0 atom stereocenters. The summed E-state index contributed by atoms with van der Waals surface area (Å²) in [7, 11) is 0. The van der Waals surface area contributed by atoms with E-state index in [0.29, 0.717) is 6.54 Å². The SMILES string of the molecule is NCCn1ccnc1-c1ccc2c(c1)OCO2. The van der Waals surface area contributed by atoms with E-state index in [9.17, 15) is 0 Å². The second kappa shape index (κ2) is 4.10. The fraction of sp³-hybridized carbons (Fsp3) is 0.250. The molecule has 2 N–H and O–H groups in total. The van der Waals surface area contributed by atoms with Crippen LogP contribution in [0.15, 0.2) is 30.6 Å². The maximum absolute atomic E-state index is 5.56. The van der Waals surface area contributed by atoms with Crippen LogP contribution in [0.25, 0.3) is 11.4 Å². The van der Waals surface area contributed by atoms with Crippen molar-refractivity contribution < 1.29 is 9.47 Å². The van der Waals surface area contributed by atoms with E-state index in [4.69, 9.17) is 15.2 Å². The van der Waals surface area contributed by atoms with E-state index in [-0.39, 0.29) is 6.79 Å². The zero-order valence-corrected chi connectivity index (χ0v) is 9.30. The van der Waals surface area contributed by atoms with Crippen LogP contribution in [0.5, 0.6) is 11.5 Å². The minimum atomic E-state index is 0.288.